The number of imidazole rings is 1. The number of nitrogens with one attached hydrogen (secondary N) is 1. The van der Waals surface area contributed by atoms with Crippen LogP contribution in [0.2, 0.25) is 0 Å². The molecule has 2 heterocycles. The highest BCUT2D eigenvalue weighted by Crippen LogP contribution is 2.27. The third kappa shape index (κ3) is 2.81. The smallest absolute Gasteiger partial charge is 0.313 e. The van der Waals surface area contributed by atoms with Gasteiger partial charge in [-0.25, -0.2) is 4.98 Å². The normalized spacial score (nSPS) is 10.9. The summed E-state index contributed by atoms with van der Waals surface area (Å²) < 4.78 is 1.94. The number of hydrogen-bond acceptors (Lipinski definition) is 4. The van der Waals surface area contributed by atoms with E-state index in [1.807, 2.05) is 25.5 Å². The minimum absolute atomic E-state index is 0.000854. The standard InChI is InChI=1S/C12H16N4O2S/c1-4-16-8(3)11(7(2)15-16)9-5-13-12(14-9)19-6-10(17)18/h5H,4,6H2,1-3H3,(H,13,14)(H,17,18). The van der Waals surface area contributed by atoms with Crippen LogP contribution in [0.3, 0.4) is 0 Å². The molecule has 102 valence electrons. The van der Waals surface area contributed by atoms with Crippen molar-refractivity contribution in [2.75, 3.05) is 5.75 Å². The number of aromatic amines is 1. The molecule has 6 nitrogen and oxygen atoms in total. The van der Waals surface area contributed by atoms with Crippen LogP contribution in [-0.4, -0.2) is 36.6 Å². The fourth-order valence-electron chi connectivity index (χ4n) is 2.03. The molecule has 0 aromatic carbocycles. The molecule has 2 aromatic rings. The van der Waals surface area contributed by atoms with E-state index in [1.165, 1.54) is 11.8 Å². The lowest BCUT2D eigenvalue weighted by molar-refractivity contribution is -0.133. The fourth-order valence-corrected chi connectivity index (χ4v) is 2.60. The Bertz CT molecular complexity index is 603. The zero-order chi connectivity index (χ0) is 14.0. The summed E-state index contributed by atoms with van der Waals surface area (Å²) in [7, 11) is 0. The van der Waals surface area contributed by atoms with Gasteiger partial charge in [-0.1, -0.05) is 11.8 Å². The van der Waals surface area contributed by atoms with Crippen molar-refractivity contribution in [3.8, 4) is 11.3 Å². The Hall–Kier alpha value is -1.76. The highest BCUT2D eigenvalue weighted by Gasteiger charge is 2.15. The molecule has 2 rings (SSSR count). The molecule has 0 saturated heterocycles. The summed E-state index contributed by atoms with van der Waals surface area (Å²) in [5.74, 6) is -0.854. The molecule has 2 aromatic heterocycles. The van der Waals surface area contributed by atoms with Crippen LogP contribution in [0, 0.1) is 13.8 Å². The first kappa shape index (κ1) is 13.7. The van der Waals surface area contributed by atoms with Crippen molar-refractivity contribution in [2.24, 2.45) is 0 Å². The Kier molecular flexibility index (Phi) is 3.94. The van der Waals surface area contributed by atoms with Gasteiger partial charge in [-0.15, -0.1) is 0 Å². The molecule has 0 spiro atoms. The van der Waals surface area contributed by atoms with Gasteiger partial charge in [0.05, 0.1) is 23.3 Å². The van der Waals surface area contributed by atoms with Gasteiger partial charge in [0.2, 0.25) is 0 Å². The quantitative estimate of drug-likeness (QED) is 0.819. The van der Waals surface area contributed by atoms with E-state index in [0.29, 0.717) is 5.16 Å². The molecule has 0 saturated carbocycles. The fraction of sp³-hybridized carbons (Fsp3) is 0.417. The van der Waals surface area contributed by atoms with Crippen molar-refractivity contribution < 1.29 is 9.90 Å². The van der Waals surface area contributed by atoms with Crippen LogP contribution in [0.4, 0.5) is 0 Å². The van der Waals surface area contributed by atoms with Crippen molar-refractivity contribution in [1.82, 2.24) is 19.7 Å². The highest BCUT2D eigenvalue weighted by molar-refractivity contribution is 7.99. The molecule has 19 heavy (non-hydrogen) atoms. The van der Waals surface area contributed by atoms with Crippen LogP contribution in [0.1, 0.15) is 18.3 Å². The van der Waals surface area contributed by atoms with Gasteiger partial charge >= 0.3 is 5.97 Å². The maximum atomic E-state index is 10.5. The SMILES string of the molecule is CCn1nc(C)c(-c2cnc(SCC(=O)O)[nH]2)c1C. The Morgan fingerprint density at radius 1 is 1.53 bits per heavy atom. The van der Waals surface area contributed by atoms with Crippen molar-refractivity contribution in [3.05, 3.63) is 17.6 Å². The average Bonchev–Trinajstić information content (AvgIpc) is 2.91. The number of H-pyrrole nitrogens is 1. The van der Waals surface area contributed by atoms with Gasteiger partial charge in [-0.05, 0) is 20.8 Å². The molecule has 0 aliphatic heterocycles. The van der Waals surface area contributed by atoms with E-state index >= 15 is 0 Å². The lowest BCUT2D eigenvalue weighted by Crippen LogP contribution is -1.98. The van der Waals surface area contributed by atoms with E-state index in [-0.39, 0.29) is 5.75 Å². The molecule has 0 aliphatic carbocycles. The molecule has 0 aliphatic rings. The molecule has 0 bridgehead atoms. The molecular weight excluding hydrogens is 264 g/mol. The van der Waals surface area contributed by atoms with Crippen LogP contribution in [0.15, 0.2) is 11.4 Å². The summed E-state index contributed by atoms with van der Waals surface area (Å²) >= 11 is 1.17. The van der Waals surface area contributed by atoms with Gasteiger partial charge in [0.15, 0.2) is 5.16 Å². The second-order valence-corrected chi connectivity index (χ2v) is 5.11. The molecule has 0 radical (unpaired) electrons. The lowest BCUT2D eigenvalue weighted by atomic mass is 10.1. The zero-order valence-corrected chi connectivity index (χ0v) is 11.9. The van der Waals surface area contributed by atoms with Crippen LogP contribution in [0.25, 0.3) is 11.3 Å². The number of thioether (sulfide) groups is 1. The molecule has 2 N–H and O–H groups in total. The largest absolute Gasteiger partial charge is 0.481 e. The molecule has 0 atom stereocenters. The third-order valence-corrected chi connectivity index (χ3v) is 3.71. The van der Waals surface area contributed by atoms with Gasteiger partial charge in [-0.2, -0.15) is 5.10 Å². The molecule has 0 fully saturated rings. The maximum Gasteiger partial charge on any atom is 0.313 e. The highest BCUT2D eigenvalue weighted by atomic mass is 32.2. The minimum Gasteiger partial charge on any atom is -0.481 e. The number of aliphatic carboxylic acids is 1. The van der Waals surface area contributed by atoms with Gasteiger partial charge in [-0.3, -0.25) is 9.48 Å². The monoisotopic (exact) mass is 280 g/mol. The predicted octanol–water partition coefficient (Wildman–Crippen LogP) is 2.09. The van der Waals surface area contributed by atoms with E-state index in [4.69, 9.17) is 5.11 Å². The van der Waals surface area contributed by atoms with E-state index < -0.39 is 5.97 Å². The molecule has 7 heteroatoms. The summed E-state index contributed by atoms with van der Waals surface area (Å²) in [6.07, 6.45) is 1.72. The van der Waals surface area contributed by atoms with Gasteiger partial charge in [0.1, 0.15) is 0 Å². The number of nitrogens with zero attached hydrogens (tertiary/aromatic N) is 3. The third-order valence-electron chi connectivity index (χ3n) is 2.84. The number of aryl methyl sites for hydroxylation is 2. The predicted molar refractivity (Wildman–Crippen MR) is 73.3 cm³/mol. The second kappa shape index (κ2) is 5.48. The van der Waals surface area contributed by atoms with Crippen LogP contribution in [0.5, 0.6) is 0 Å². The zero-order valence-electron chi connectivity index (χ0n) is 11.1. The Balaban J connectivity index is 2.27. The van der Waals surface area contributed by atoms with E-state index in [1.54, 1.807) is 6.20 Å². The maximum absolute atomic E-state index is 10.5. The summed E-state index contributed by atoms with van der Waals surface area (Å²) in [4.78, 5) is 17.9. The summed E-state index contributed by atoms with van der Waals surface area (Å²) in [5.41, 5.74) is 3.94. The second-order valence-electron chi connectivity index (χ2n) is 4.15. The number of carboxylic acids is 1. The first-order chi connectivity index (χ1) is 9.02. The minimum atomic E-state index is -0.853. The van der Waals surface area contributed by atoms with Crippen LogP contribution < -0.4 is 0 Å². The number of carboxylic acid groups (broad SMARTS) is 1. The molecule has 0 amide bonds. The van der Waals surface area contributed by atoms with E-state index in [2.05, 4.69) is 15.1 Å². The molecule has 0 unspecified atom stereocenters. The molecular formula is C12H16N4O2S. The van der Waals surface area contributed by atoms with Crippen LogP contribution in [-0.2, 0) is 11.3 Å². The Morgan fingerprint density at radius 3 is 2.84 bits per heavy atom. The van der Waals surface area contributed by atoms with Gasteiger partial charge in [0, 0.05) is 17.8 Å². The Morgan fingerprint density at radius 2 is 2.26 bits per heavy atom. The van der Waals surface area contributed by atoms with Crippen molar-refractivity contribution in [1.29, 1.82) is 0 Å². The first-order valence-corrected chi connectivity index (χ1v) is 6.95. The average molecular weight is 280 g/mol. The van der Waals surface area contributed by atoms with E-state index in [0.717, 1.165) is 29.2 Å². The number of carbonyl (C=O) groups is 1. The van der Waals surface area contributed by atoms with Crippen molar-refractivity contribution in [3.63, 3.8) is 0 Å². The number of hydrogen-bond donors (Lipinski definition) is 2. The van der Waals surface area contributed by atoms with Gasteiger partial charge < -0.3 is 10.1 Å². The Labute approximate surface area is 115 Å². The number of rotatable bonds is 5. The summed E-state index contributed by atoms with van der Waals surface area (Å²) in [6, 6.07) is 0. The van der Waals surface area contributed by atoms with Crippen molar-refractivity contribution in [2.45, 2.75) is 32.5 Å². The summed E-state index contributed by atoms with van der Waals surface area (Å²) in [6.45, 7) is 6.84. The van der Waals surface area contributed by atoms with Crippen LogP contribution >= 0.6 is 11.8 Å². The summed E-state index contributed by atoms with van der Waals surface area (Å²) in [5, 5.41) is 13.7. The number of aromatic nitrogens is 4. The van der Waals surface area contributed by atoms with Gasteiger partial charge in [0.25, 0.3) is 0 Å². The van der Waals surface area contributed by atoms with E-state index in [9.17, 15) is 4.79 Å². The lowest BCUT2D eigenvalue weighted by Gasteiger charge is -2.00. The van der Waals surface area contributed by atoms with Crippen molar-refractivity contribution >= 4 is 17.7 Å². The topological polar surface area (TPSA) is 83.8 Å². The first-order valence-electron chi connectivity index (χ1n) is 5.97.